The Bertz CT molecular complexity index is 1250. The van der Waals surface area contributed by atoms with E-state index in [0.717, 1.165) is 16.9 Å². The average molecular weight is 464 g/mol. The highest BCUT2D eigenvalue weighted by Gasteiger charge is 2.47. The summed E-state index contributed by atoms with van der Waals surface area (Å²) in [4.78, 5) is 27.6. The third kappa shape index (κ3) is 3.91. The van der Waals surface area contributed by atoms with Gasteiger partial charge in [0, 0.05) is 23.6 Å². The highest BCUT2D eigenvalue weighted by atomic mass is 35.5. The van der Waals surface area contributed by atoms with Crippen LogP contribution in [0.5, 0.6) is 5.75 Å². The number of carbonyl (C=O) groups excluding carboxylic acids is 2. The van der Waals surface area contributed by atoms with Gasteiger partial charge in [-0.25, -0.2) is 0 Å². The van der Waals surface area contributed by atoms with E-state index in [4.69, 9.17) is 20.8 Å². The Morgan fingerprint density at radius 3 is 2.67 bits per heavy atom. The molecule has 1 N–H and O–H groups in total. The van der Waals surface area contributed by atoms with Gasteiger partial charge in [0.1, 0.15) is 29.4 Å². The van der Waals surface area contributed by atoms with Crippen LogP contribution in [0.4, 0.5) is 0 Å². The Kier molecular flexibility index (Phi) is 5.46. The first-order chi connectivity index (χ1) is 15.9. The molecule has 168 valence electrons. The van der Waals surface area contributed by atoms with Crippen LogP contribution in [0.1, 0.15) is 35.4 Å². The molecule has 0 aliphatic carbocycles. The average Bonchev–Trinajstić information content (AvgIpc) is 3.51. The second-order valence-electron chi connectivity index (χ2n) is 8.34. The Balaban J connectivity index is 1.52. The lowest BCUT2D eigenvalue weighted by Crippen LogP contribution is -2.31. The van der Waals surface area contributed by atoms with Crippen LogP contribution in [0.15, 0.2) is 70.9 Å². The van der Waals surface area contributed by atoms with Gasteiger partial charge in [0.25, 0.3) is 11.7 Å². The molecule has 3 aromatic rings. The standard InChI is InChI=1S/C26H22ClNO5/c1-15-13-18-14-17(6-9-20(18)33-15)24(29)22-23(21-3-2-12-32-21)28(26(31)25(22)30)11-10-16-4-7-19(27)8-5-16/h2-9,12,14-15,23,29H,10-11,13H2,1H3/b24-22-. The van der Waals surface area contributed by atoms with E-state index >= 15 is 0 Å². The summed E-state index contributed by atoms with van der Waals surface area (Å²) in [5.74, 6) is -0.415. The third-order valence-corrected chi connectivity index (χ3v) is 6.33. The summed E-state index contributed by atoms with van der Waals surface area (Å²) in [5, 5.41) is 11.8. The molecular weight excluding hydrogens is 442 g/mol. The molecule has 33 heavy (non-hydrogen) atoms. The van der Waals surface area contributed by atoms with Crippen molar-refractivity contribution in [1.82, 2.24) is 4.90 Å². The minimum Gasteiger partial charge on any atom is -0.507 e. The van der Waals surface area contributed by atoms with Crippen molar-refractivity contribution in [3.63, 3.8) is 0 Å². The lowest BCUT2D eigenvalue weighted by molar-refractivity contribution is -0.140. The van der Waals surface area contributed by atoms with E-state index in [1.807, 2.05) is 25.1 Å². The number of ketones is 1. The van der Waals surface area contributed by atoms with E-state index in [0.29, 0.717) is 29.2 Å². The summed E-state index contributed by atoms with van der Waals surface area (Å²) in [5.41, 5.74) is 2.43. The van der Waals surface area contributed by atoms with Crippen LogP contribution in [0.25, 0.3) is 5.76 Å². The van der Waals surface area contributed by atoms with Gasteiger partial charge >= 0.3 is 0 Å². The van der Waals surface area contributed by atoms with E-state index in [9.17, 15) is 14.7 Å². The fourth-order valence-corrected chi connectivity index (χ4v) is 4.60. The number of furan rings is 1. The lowest BCUT2D eigenvalue weighted by atomic mass is 9.97. The normalized spacial score (nSPS) is 21.3. The molecule has 2 aliphatic rings. The molecule has 5 rings (SSSR count). The summed E-state index contributed by atoms with van der Waals surface area (Å²) < 4.78 is 11.3. The van der Waals surface area contributed by atoms with Gasteiger partial charge in [-0.1, -0.05) is 23.7 Å². The van der Waals surface area contributed by atoms with E-state index < -0.39 is 17.7 Å². The van der Waals surface area contributed by atoms with E-state index in [2.05, 4.69) is 0 Å². The molecule has 1 aromatic heterocycles. The van der Waals surface area contributed by atoms with Gasteiger partial charge in [-0.2, -0.15) is 0 Å². The summed E-state index contributed by atoms with van der Waals surface area (Å²) in [6, 6.07) is 15.2. The van der Waals surface area contributed by atoms with Gasteiger partial charge in [-0.15, -0.1) is 0 Å². The number of likely N-dealkylation sites (tertiary alicyclic amines) is 1. The van der Waals surface area contributed by atoms with E-state index in [1.54, 1.807) is 36.4 Å². The monoisotopic (exact) mass is 463 g/mol. The van der Waals surface area contributed by atoms with Gasteiger partial charge in [-0.05, 0) is 66.9 Å². The van der Waals surface area contributed by atoms with E-state index in [-0.39, 0.29) is 24.0 Å². The molecule has 1 amide bonds. The molecule has 1 fully saturated rings. The highest BCUT2D eigenvalue weighted by molar-refractivity contribution is 6.46. The molecule has 1 saturated heterocycles. The van der Waals surface area contributed by atoms with Crippen LogP contribution in [0.3, 0.4) is 0 Å². The second kappa shape index (κ2) is 8.45. The highest BCUT2D eigenvalue weighted by Crippen LogP contribution is 2.40. The molecule has 2 aromatic carbocycles. The Labute approximate surface area is 196 Å². The van der Waals surface area contributed by atoms with Crippen LogP contribution in [0.2, 0.25) is 5.02 Å². The van der Waals surface area contributed by atoms with Crippen molar-refractivity contribution in [2.24, 2.45) is 0 Å². The van der Waals surface area contributed by atoms with Crippen molar-refractivity contribution >= 4 is 29.1 Å². The first-order valence-corrected chi connectivity index (χ1v) is 11.2. The first kappa shape index (κ1) is 21.3. The maximum absolute atomic E-state index is 13.1. The maximum atomic E-state index is 13.1. The lowest BCUT2D eigenvalue weighted by Gasteiger charge is -2.23. The molecule has 0 radical (unpaired) electrons. The van der Waals surface area contributed by atoms with Gasteiger partial charge in [0.15, 0.2) is 0 Å². The summed E-state index contributed by atoms with van der Waals surface area (Å²) in [6.45, 7) is 2.26. The predicted molar refractivity (Wildman–Crippen MR) is 123 cm³/mol. The van der Waals surface area contributed by atoms with Crippen molar-refractivity contribution in [3.8, 4) is 5.75 Å². The number of aliphatic hydroxyl groups excluding tert-OH is 1. The van der Waals surface area contributed by atoms with Crippen LogP contribution in [-0.4, -0.2) is 34.3 Å². The second-order valence-corrected chi connectivity index (χ2v) is 8.78. The predicted octanol–water partition coefficient (Wildman–Crippen LogP) is 4.92. The van der Waals surface area contributed by atoms with Crippen molar-refractivity contribution in [2.75, 3.05) is 6.54 Å². The topological polar surface area (TPSA) is 80.0 Å². The van der Waals surface area contributed by atoms with E-state index in [1.165, 1.54) is 11.2 Å². The molecular formula is C26H22ClNO5. The zero-order chi connectivity index (χ0) is 23.1. The number of hydrogen-bond acceptors (Lipinski definition) is 5. The van der Waals surface area contributed by atoms with Crippen molar-refractivity contribution < 1.29 is 23.8 Å². The number of Topliss-reactive ketones (excluding diaryl/α,β-unsaturated/α-hetero) is 1. The number of nitrogens with zero attached hydrogens (tertiary/aromatic N) is 1. The molecule has 2 atom stereocenters. The molecule has 0 spiro atoms. The van der Waals surface area contributed by atoms with Gasteiger partial charge in [0.2, 0.25) is 0 Å². The molecule has 2 unspecified atom stereocenters. The maximum Gasteiger partial charge on any atom is 0.295 e. The molecule has 2 aliphatic heterocycles. The number of aliphatic hydroxyl groups is 1. The van der Waals surface area contributed by atoms with Gasteiger partial charge < -0.3 is 19.2 Å². The molecule has 0 saturated carbocycles. The first-order valence-electron chi connectivity index (χ1n) is 10.8. The fraction of sp³-hybridized carbons (Fsp3) is 0.231. The Morgan fingerprint density at radius 2 is 1.94 bits per heavy atom. The van der Waals surface area contributed by atoms with Crippen molar-refractivity contribution in [3.05, 3.63) is 93.9 Å². The zero-order valence-electron chi connectivity index (χ0n) is 18.0. The SMILES string of the molecule is CC1Cc2cc(/C(O)=C3/C(=O)C(=O)N(CCc4ccc(Cl)cc4)C3c3ccco3)ccc2O1. The number of halogens is 1. The minimum atomic E-state index is -0.810. The third-order valence-electron chi connectivity index (χ3n) is 6.08. The largest absolute Gasteiger partial charge is 0.507 e. The Hall–Kier alpha value is -3.51. The smallest absolute Gasteiger partial charge is 0.295 e. The number of carbonyl (C=O) groups is 2. The molecule has 3 heterocycles. The summed E-state index contributed by atoms with van der Waals surface area (Å²) in [7, 11) is 0. The van der Waals surface area contributed by atoms with Crippen molar-refractivity contribution in [2.45, 2.75) is 31.9 Å². The zero-order valence-corrected chi connectivity index (χ0v) is 18.7. The number of benzene rings is 2. The van der Waals surface area contributed by atoms with Gasteiger partial charge in [-0.3, -0.25) is 9.59 Å². The van der Waals surface area contributed by atoms with Crippen LogP contribution < -0.4 is 4.74 Å². The summed E-state index contributed by atoms with van der Waals surface area (Å²) >= 11 is 5.96. The molecule has 6 nitrogen and oxygen atoms in total. The van der Waals surface area contributed by atoms with Crippen LogP contribution >= 0.6 is 11.6 Å². The number of fused-ring (bicyclic) bond motifs is 1. The number of hydrogen-bond donors (Lipinski definition) is 1. The number of amides is 1. The number of rotatable bonds is 5. The van der Waals surface area contributed by atoms with Crippen LogP contribution in [-0.2, 0) is 22.4 Å². The molecule has 7 heteroatoms. The van der Waals surface area contributed by atoms with Crippen molar-refractivity contribution in [1.29, 1.82) is 0 Å². The van der Waals surface area contributed by atoms with Gasteiger partial charge in [0.05, 0.1) is 11.8 Å². The summed E-state index contributed by atoms with van der Waals surface area (Å²) in [6.07, 6.45) is 2.78. The number of ether oxygens (including phenoxy) is 1. The fourth-order valence-electron chi connectivity index (χ4n) is 4.48. The quantitative estimate of drug-likeness (QED) is 0.330. The Morgan fingerprint density at radius 1 is 1.15 bits per heavy atom. The molecule has 0 bridgehead atoms. The minimum absolute atomic E-state index is 0.0259. The van der Waals surface area contributed by atoms with Crippen LogP contribution in [0, 0.1) is 0 Å².